The van der Waals surface area contributed by atoms with E-state index in [1.807, 2.05) is 25.1 Å². The number of thiazole rings is 1. The van der Waals surface area contributed by atoms with Crippen molar-refractivity contribution in [1.82, 2.24) is 14.6 Å². The molecule has 0 fully saturated rings. The standard InChI is InChI=1S/C22H21N5O3S/c1-12-19(28)15(11-23)17-8-9-24-27(17)20(12)26(21(29)30-22(3,4)5)14-6-7-16-18(10-14)31-13(2)25-16/h6-10,24H,1-5H3. The van der Waals surface area contributed by atoms with E-state index in [2.05, 4.69) is 10.1 Å². The van der Waals surface area contributed by atoms with Gasteiger partial charge in [0.25, 0.3) is 0 Å². The van der Waals surface area contributed by atoms with Crippen LogP contribution >= 0.6 is 11.3 Å². The Hall–Kier alpha value is -3.64. The predicted molar refractivity (Wildman–Crippen MR) is 120 cm³/mol. The summed E-state index contributed by atoms with van der Waals surface area (Å²) in [4.78, 5) is 32.2. The molecule has 1 amide bonds. The van der Waals surface area contributed by atoms with Gasteiger partial charge in [-0.2, -0.15) is 5.26 Å². The van der Waals surface area contributed by atoms with E-state index >= 15 is 0 Å². The van der Waals surface area contributed by atoms with Crippen molar-refractivity contribution in [2.45, 2.75) is 40.2 Å². The number of fused-ring (bicyclic) bond motifs is 2. The second-order valence-corrected chi connectivity index (χ2v) is 9.38. The van der Waals surface area contributed by atoms with Gasteiger partial charge in [0.2, 0.25) is 5.43 Å². The van der Waals surface area contributed by atoms with Crippen LogP contribution in [-0.2, 0) is 4.74 Å². The molecular formula is C22H21N5O3S. The van der Waals surface area contributed by atoms with E-state index in [9.17, 15) is 14.9 Å². The van der Waals surface area contributed by atoms with Gasteiger partial charge in [-0.25, -0.2) is 19.2 Å². The number of pyridine rings is 1. The van der Waals surface area contributed by atoms with Crippen molar-refractivity contribution in [3.05, 3.63) is 56.8 Å². The number of aromatic amines is 1. The molecule has 4 aromatic rings. The average Bonchev–Trinajstić information content (AvgIpc) is 3.29. The number of aryl methyl sites for hydroxylation is 1. The summed E-state index contributed by atoms with van der Waals surface area (Å²) in [5, 5.41) is 13.4. The number of carbonyl (C=O) groups is 1. The Morgan fingerprint density at radius 1 is 1.29 bits per heavy atom. The van der Waals surface area contributed by atoms with E-state index in [1.54, 1.807) is 50.5 Å². The largest absolute Gasteiger partial charge is 0.443 e. The van der Waals surface area contributed by atoms with Crippen molar-refractivity contribution in [2.75, 3.05) is 4.90 Å². The highest BCUT2D eigenvalue weighted by Crippen LogP contribution is 2.34. The Bertz CT molecular complexity index is 1430. The zero-order chi connectivity index (χ0) is 22.5. The maximum absolute atomic E-state index is 13.4. The van der Waals surface area contributed by atoms with Crippen LogP contribution in [0.15, 0.2) is 35.3 Å². The fourth-order valence-electron chi connectivity index (χ4n) is 3.44. The SMILES string of the molecule is Cc1nc2ccc(N(C(=O)OC(C)(C)C)c3c(C)c(=O)c(C#N)c4cc[nH]n34)cc2s1. The summed E-state index contributed by atoms with van der Waals surface area (Å²) in [6.45, 7) is 8.85. The van der Waals surface area contributed by atoms with Crippen LogP contribution in [0.5, 0.6) is 0 Å². The number of anilines is 2. The normalized spacial score (nSPS) is 11.6. The third kappa shape index (κ3) is 3.55. The molecular weight excluding hydrogens is 414 g/mol. The van der Waals surface area contributed by atoms with Gasteiger partial charge in [-0.1, -0.05) is 0 Å². The Labute approximate surface area is 182 Å². The summed E-state index contributed by atoms with van der Waals surface area (Å²) in [7, 11) is 0. The summed E-state index contributed by atoms with van der Waals surface area (Å²) in [6, 6.07) is 9.05. The van der Waals surface area contributed by atoms with Gasteiger partial charge in [0.1, 0.15) is 23.1 Å². The van der Waals surface area contributed by atoms with Gasteiger partial charge in [-0.3, -0.25) is 9.89 Å². The lowest BCUT2D eigenvalue weighted by atomic mass is 10.1. The third-order valence-electron chi connectivity index (χ3n) is 4.69. The molecule has 3 heterocycles. The van der Waals surface area contributed by atoms with E-state index in [1.165, 1.54) is 16.2 Å². The molecule has 31 heavy (non-hydrogen) atoms. The first-order valence-electron chi connectivity index (χ1n) is 9.64. The molecule has 3 aromatic heterocycles. The molecule has 0 unspecified atom stereocenters. The number of benzene rings is 1. The van der Waals surface area contributed by atoms with Gasteiger partial charge in [0.05, 0.1) is 26.4 Å². The number of nitrogens with zero attached hydrogens (tertiary/aromatic N) is 4. The molecule has 0 saturated heterocycles. The van der Waals surface area contributed by atoms with E-state index in [0.717, 1.165) is 15.2 Å². The molecule has 0 aliphatic carbocycles. The monoisotopic (exact) mass is 435 g/mol. The van der Waals surface area contributed by atoms with Gasteiger partial charge in [0.15, 0.2) is 0 Å². The molecule has 0 atom stereocenters. The number of amides is 1. The lowest BCUT2D eigenvalue weighted by Crippen LogP contribution is -2.36. The Kier molecular flexibility index (Phi) is 4.82. The van der Waals surface area contributed by atoms with Crippen molar-refractivity contribution in [3.8, 4) is 6.07 Å². The number of rotatable bonds is 2. The predicted octanol–water partition coefficient (Wildman–Crippen LogP) is 4.80. The van der Waals surface area contributed by atoms with Crippen LogP contribution in [0.1, 0.15) is 36.9 Å². The van der Waals surface area contributed by atoms with Crippen LogP contribution in [0.3, 0.4) is 0 Å². The highest BCUT2D eigenvalue weighted by atomic mass is 32.1. The fourth-order valence-corrected chi connectivity index (χ4v) is 4.30. The molecule has 0 bridgehead atoms. The van der Waals surface area contributed by atoms with Crippen LogP contribution in [0.2, 0.25) is 0 Å². The molecule has 158 valence electrons. The summed E-state index contributed by atoms with van der Waals surface area (Å²) in [6.07, 6.45) is 0.977. The Morgan fingerprint density at radius 3 is 2.71 bits per heavy atom. The minimum absolute atomic E-state index is 0.0140. The molecule has 0 aliphatic heterocycles. The van der Waals surface area contributed by atoms with E-state index in [0.29, 0.717) is 17.0 Å². The first-order valence-corrected chi connectivity index (χ1v) is 10.5. The first kappa shape index (κ1) is 20.6. The van der Waals surface area contributed by atoms with Gasteiger partial charge >= 0.3 is 6.09 Å². The third-order valence-corrected chi connectivity index (χ3v) is 5.63. The molecule has 0 saturated carbocycles. The highest BCUT2D eigenvalue weighted by Gasteiger charge is 2.30. The molecule has 0 spiro atoms. The quantitative estimate of drug-likeness (QED) is 0.487. The summed E-state index contributed by atoms with van der Waals surface area (Å²) in [5.41, 5.74) is 0.830. The number of H-pyrrole nitrogens is 1. The van der Waals surface area contributed by atoms with E-state index in [-0.39, 0.29) is 11.1 Å². The van der Waals surface area contributed by atoms with Crippen molar-refractivity contribution in [2.24, 2.45) is 0 Å². The fraction of sp³-hybridized carbons (Fsp3) is 0.273. The number of nitriles is 1. The topological polar surface area (TPSA) is 103 Å². The number of carbonyl (C=O) groups excluding carboxylic acids is 1. The van der Waals surface area contributed by atoms with E-state index < -0.39 is 17.1 Å². The Balaban J connectivity index is 2.03. The summed E-state index contributed by atoms with van der Waals surface area (Å²) >= 11 is 1.51. The average molecular weight is 436 g/mol. The van der Waals surface area contributed by atoms with Gasteiger partial charge < -0.3 is 4.74 Å². The van der Waals surface area contributed by atoms with Gasteiger partial charge in [0, 0.05) is 11.8 Å². The summed E-state index contributed by atoms with van der Waals surface area (Å²) < 4.78 is 8.15. The minimum atomic E-state index is -0.749. The molecule has 0 aliphatic rings. The van der Waals surface area contributed by atoms with Crippen LogP contribution in [-0.4, -0.2) is 26.3 Å². The Morgan fingerprint density at radius 2 is 2.03 bits per heavy atom. The van der Waals surface area contributed by atoms with Gasteiger partial charge in [-0.15, -0.1) is 11.3 Å². The summed E-state index contributed by atoms with van der Waals surface area (Å²) in [5.74, 6) is 0.291. The second-order valence-electron chi connectivity index (χ2n) is 8.15. The molecule has 0 radical (unpaired) electrons. The van der Waals surface area contributed by atoms with Crippen molar-refractivity contribution >= 4 is 44.7 Å². The molecule has 1 aromatic carbocycles. The number of hydrogen-bond donors (Lipinski definition) is 1. The number of hydrogen-bond acceptors (Lipinski definition) is 6. The molecule has 1 N–H and O–H groups in total. The second kappa shape index (κ2) is 7.25. The lowest BCUT2D eigenvalue weighted by Gasteiger charge is -2.28. The number of nitrogens with one attached hydrogen (secondary N) is 1. The van der Waals surface area contributed by atoms with Gasteiger partial charge in [-0.05, 0) is 58.9 Å². The number of aromatic nitrogens is 3. The molecule has 9 heteroatoms. The molecule has 8 nitrogen and oxygen atoms in total. The minimum Gasteiger partial charge on any atom is -0.443 e. The zero-order valence-corrected chi connectivity index (χ0v) is 18.6. The smallest absolute Gasteiger partial charge is 0.420 e. The zero-order valence-electron chi connectivity index (χ0n) is 17.8. The maximum atomic E-state index is 13.4. The first-order chi connectivity index (χ1) is 14.6. The van der Waals surface area contributed by atoms with E-state index in [4.69, 9.17) is 4.74 Å². The van der Waals surface area contributed by atoms with Crippen LogP contribution in [0.4, 0.5) is 16.3 Å². The van der Waals surface area contributed by atoms with Crippen molar-refractivity contribution in [1.29, 1.82) is 5.26 Å². The maximum Gasteiger partial charge on any atom is 0.420 e. The van der Waals surface area contributed by atoms with Crippen LogP contribution < -0.4 is 10.3 Å². The van der Waals surface area contributed by atoms with Crippen molar-refractivity contribution in [3.63, 3.8) is 0 Å². The highest BCUT2D eigenvalue weighted by molar-refractivity contribution is 7.18. The van der Waals surface area contributed by atoms with Crippen LogP contribution in [0.25, 0.3) is 15.7 Å². The number of ether oxygens (including phenoxy) is 1. The molecule has 4 rings (SSSR count). The van der Waals surface area contributed by atoms with Crippen LogP contribution in [0, 0.1) is 25.2 Å². The van der Waals surface area contributed by atoms with Crippen molar-refractivity contribution < 1.29 is 9.53 Å². The lowest BCUT2D eigenvalue weighted by molar-refractivity contribution is 0.0597.